The normalized spacial score (nSPS) is 12.2. The van der Waals surface area contributed by atoms with Crippen molar-refractivity contribution in [2.24, 2.45) is 0 Å². The van der Waals surface area contributed by atoms with Crippen LogP contribution in [0.3, 0.4) is 0 Å². The van der Waals surface area contributed by atoms with Gasteiger partial charge in [-0.2, -0.15) is 13.2 Å². The van der Waals surface area contributed by atoms with Crippen molar-refractivity contribution < 1.29 is 31.4 Å². The molecule has 0 saturated carbocycles. The molecule has 0 amide bonds. The Balaban J connectivity index is 3.38. The number of pyridine rings is 1. The van der Waals surface area contributed by atoms with E-state index in [0.29, 0.717) is 0 Å². The van der Waals surface area contributed by atoms with E-state index in [1.54, 1.807) is 0 Å². The maximum Gasteiger partial charge on any atom is 0.418 e. The first-order chi connectivity index (χ1) is 7.27. The first-order valence-corrected chi connectivity index (χ1v) is 3.93. The van der Waals surface area contributed by atoms with Gasteiger partial charge in [0.1, 0.15) is 5.69 Å². The number of rotatable bonds is 2. The monoisotopic (exact) mass is 245 g/mol. The molecule has 0 saturated heterocycles. The molecule has 0 atom stereocenters. The van der Waals surface area contributed by atoms with Gasteiger partial charge >= 0.3 is 6.18 Å². The molecule has 0 spiro atoms. The number of hydrogen-bond donors (Lipinski definition) is 1. The Bertz CT molecular complexity index is 389. The lowest BCUT2D eigenvalue weighted by Gasteiger charge is -2.12. The van der Waals surface area contributed by atoms with E-state index in [1.807, 2.05) is 0 Å². The lowest BCUT2D eigenvalue weighted by molar-refractivity contribution is -0.139. The summed E-state index contributed by atoms with van der Waals surface area (Å²) in [7, 11) is 0. The van der Waals surface area contributed by atoms with Gasteiger partial charge in [-0.05, 0) is 6.07 Å². The molecular weight excluding hydrogens is 240 g/mol. The third kappa shape index (κ3) is 2.43. The Labute approximate surface area is 85.5 Å². The quantitative estimate of drug-likeness (QED) is 0.812. The molecule has 2 nitrogen and oxygen atoms in total. The zero-order valence-electron chi connectivity index (χ0n) is 7.52. The van der Waals surface area contributed by atoms with Crippen LogP contribution >= 0.6 is 0 Å². The molecule has 0 fully saturated rings. The van der Waals surface area contributed by atoms with Gasteiger partial charge in [0, 0.05) is 0 Å². The van der Waals surface area contributed by atoms with Gasteiger partial charge in [-0.15, -0.1) is 0 Å². The lowest BCUT2D eigenvalue weighted by atomic mass is 10.1. The SMILES string of the molecule is OCc1nc(C(F)F)c(F)cc1C(F)(F)F. The Morgan fingerprint density at radius 2 is 1.88 bits per heavy atom. The van der Waals surface area contributed by atoms with E-state index >= 15 is 0 Å². The summed E-state index contributed by atoms with van der Waals surface area (Å²) in [5.41, 5.74) is -3.99. The average Bonchev–Trinajstić information content (AvgIpc) is 2.15. The number of aliphatic hydroxyl groups is 1. The first-order valence-electron chi connectivity index (χ1n) is 3.93. The van der Waals surface area contributed by atoms with E-state index in [1.165, 1.54) is 0 Å². The lowest BCUT2D eigenvalue weighted by Crippen LogP contribution is -2.14. The van der Waals surface area contributed by atoms with E-state index in [9.17, 15) is 26.3 Å². The summed E-state index contributed by atoms with van der Waals surface area (Å²) in [5, 5.41) is 8.55. The second-order valence-electron chi connectivity index (χ2n) is 2.81. The number of alkyl halides is 5. The van der Waals surface area contributed by atoms with E-state index < -0.39 is 42.0 Å². The molecule has 8 heteroatoms. The van der Waals surface area contributed by atoms with Crippen LogP contribution in [0.4, 0.5) is 26.3 Å². The fraction of sp³-hybridized carbons (Fsp3) is 0.375. The molecular formula is C8H5F6NO. The van der Waals surface area contributed by atoms with Crippen LogP contribution in [0.2, 0.25) is 0 Å². The first kappa shape index (κ1) is 12.8. The molecule has 0 aliphatic heterocycles. The molecule has 0 aliphatic rings. The minimum absolute atomic E-state index is 0.0972. The van der Waals surface area contributed by atoms with Gasteiger partial charge in [0.2, 0.25) is 0 Å². The van der Waals surface area contributed by atoms with Crippen molar-refractivity contribution in [3.8, 4) is 0 Å². The van der Waals surface area contributed by atoms with E-state index in [-0.39, 0.29) is 6.07 Å². The molecule has 0 radical (unpaired) electrons. The summed E-state index contributed by atoms with van der Waals surface area (Å²) in [6, 6.07) is -0.0972. The van der Waals surface area contributed by atoms with Gasteiger partial charge in [-0.25, -0.2) is 18.2 Å². The standard InChI is InChI=1S/C8H5F6NO/c9-4-1-3(8(12,13)14)5(2-16)15-6(4)7(10)11/h1,7,16H,2H2. The molecule has 1 aromatic heterocycles. The number of aliphatic hydroxyl groups excluding tert-OH is 1. The molecule has 0 aromatic carbocycles. The van der Waals surface area contributed by atoms with Crippen LogP contribution in [0.1, 0.15) is 23.4 Å². The zero-order chi connectivity index (χ0) is 12.5. The summed E-state index contributed by atoms with van der Waals surface area (Å²) in [4.78, 5) is 2.76. The smallest absolute Gasteiger partial charge is 0.390 e. The maximum absolute atomic E-state index is 12.8. The molecule has 1 rings (SSSR count). The van der Waals surface area contributed by atoms with Gasteiger partial charge in [0.25, 0.3) is 6.43 Å². The van der Waals surface area contributed by atoms with E-state index in [4.69, 9.17) is 5.11 Å². The van der Waals surface area contributed by atoms with Crippen LogP contribution in [0, 0.1) is 5.82 Å². The van der Waals surface area contributed by atoms with Crippen LogP contribution in [0.15, 0.2) is 6.07 Å². The van der Waals surface area contributed by atoms with Crippen molar-refractivity contribution in [2.45, 2.75) is 19.2 Å². The molecule has 0 unspecified atom stereocenters. The molecule has 1 aromatic rings. The minimum Gasteiger partial charge on any atom is -0.390 e. The third-order valence-electron chi connectivity index (χ3n) is 1.74. The summed E-state index contributed by atoms with van der Waals surface area (Å²) in [6.45, 7) is -1.20. The topological polar surface area (TPSA) is 33.1 Å². The fourth-order valence-corrected chi connectivity index (χ4v) is 1.06. The van der Waals surface area contributed by atoms with Crippen molar-refractivity contribution in [1.82, 2.24) is 4.98 Å². The second kappa shape index (κ2) is 4.28. The molecule has 0 bridgehead atoms. The van der Waals surface area contributed by atoms with Crippen molar-refractivity contribution in [2.75, 3.05) is 0 Å². The minimum atomic E-state index is -4.95. The van der Waals surface area contributed by atoms with Gasteiger partial charge < -0.3 is 5.11 Å². The third-order valence-corrected chi connectivity index (χ3v) is 1.74. The van der Waals surface area contributed by atoms with Crippen LogP contribution in [-0.4, -0.2) is 10.1 Å². The Hall–Kier alpha value is -1.31. The van der Waals surface area contributed by atoms with Gasteiger partial charge in [-0.3, -0.25) is 0 Å². The van der Waals surface area contributed by atoms with Crippen molar-refractivity contribution in [3.05, 3.63) is 28.8 Å². The number of aromatic nitrogens is 1. The summed E-state index contributed by atoms with van der Waals surface area (Å²) >= 11 is 0. The van der Waals surface area contributed by atoms with E-state index in [0.717, 1.165) is 0 Å². The predicted molar refractivity (Wildman–Crippen MR) is 40.1 cm³/mol. The maximum atomic E-state index is 12.8. The van der Waals surface area contributed by atoms with Crippen molar-refractivity contribution in [3.63, 3.8) is 0 Å². The van der Waals surface area contributed by atoms with Crippen LogP contribution in [0.5, 0.6) is 0 Å². The zero-order valence-corrected chi connectivity index (χ0v) is 7.52. The molecule has 16 heavy (non-hydrogen) atoms. The number of nitrogens with zero attached hydrogens (tertiary/aromatic N) is 1. The number of halogens is 6. The molecule has 1 heterocycles. The highest BCUT2D eigenvalue weighted by molar-refractivity contribution is 5.27. The van der Waals surface area contributed by atoms with Crippen LogP contribution < -0.4 is 0 Å². The summed E-state index contributed by atoms with van der Waals surface area (Å²) in [6.07, 6.45) is -8.29. The predicted octanol–water partition coefficient (Wildman–Crippen LogP) is 2.67. The summed E-state index contributed by atoms with van der Waals surface area (Å²) in [5.74, 6) is -1.75. The highest BCUT2D eigenvalue weighted by atomic mass is 19.4. The Kier molecular flexibility index (Phi) is 3.41. The summed E-state index contributed by atoms with van der Waals surface area (Å²) < 4.78 is 73.8. The van der Waals surface area contributed by atoms with E-state index in [2.05, 4.69) is 4.98 Å². The van der Waals surface area contributed by atoms with Gasteiger partial charge in [-0.1, -0.05) is 0 Å². The highest BCUT2D eigenvalue weighted by Gasteiger charge is 2.36. The van der Waals surface area contributed by atoms with Gasteiger partial charge in [0.15, 0.2) is 5.82 Å². The second-order valence-corrected chi connectivity index (χ2v) is 2.81. The van der Waals surface area contributed by atoms with Crippen molar-refractivity contribution >= 4 is 0 Å². The van der Waals surface area contributed by atoms with Gasteiger partial charge in [0.05, 0.1) is 17.9 Å². The van der Waals surface area contributed by atoms with Crippen LogP contribution in [-0.2, 0) is 12.8 Å². The molecule has 0 aliphatic carbocycles. The highest BCUT2D eigenvalue weighted by Crippen LogP contribution is 2.33. The van der Waals surface area contributed by atoms with Crippen molar-refractivity contribution in [1.29, 1.82) is 0 Å². The average molecular weight is 245 g/mol. The Morgan fingerprint density at radius 3 is 2.25 bits per heavy atom. The van der Waals surface area contributed by atoms with Crippen LogP contribution in [0.25, 0.3) is 0 Å². The largest absolute Gasteiger partial charge is 0.418 e. The fourth-order valence-electron chi connectivity index (χ4n) is 1.06. The molecule has 1 N–H and O–H groups in total. The Morgan fingerprint density at radius 1 is 1.31 bits per heavy atom. The number of hydrogen-bond acceptors (Lipinski definition) is 2. The molecule has 90 valence electrons.